The van der Waals surface area contributed by atoms with E-state index in [1.807, 2.05) is 6.33 Å². The summed E-state index contributed by atoms with van der Waals surface area (Å²) in [5.41, 5.74) is 1.17. The number of aromatic nitrogens is 2. The minimum atomic E-state index is 0.851. The van der Waals surface area contributed by atoms with Gasteiger partial charge in [-0.15, -0.1) is 0 Å². The van der Waals surface area contributed by atoms with Crippen molar-refractivity contribution in [3.8, 4) is 0 Å². The second kappa shape index (κ2) is 6.93. The van der Waals surface area contributed by atoms with Gasteiger partial charge in [0.1, 0.15) is 0 Å². The van der Waals surface area contributed by atoms with Crippen LogP contribution in [0.5, 0.6) is 0 Å². The highest BCUT2D eigenvalue weighted by molar-refractivity contribution is 4.96. The first-order chi connectivity index (χ1) is 8.79. The zero-order chi connectivity index (χ0) is 12.8. The van der Waals surface area contributed by atoms with Crippen LogP contribution in [0.2, 0.25) is 0 Å². The van der Waals surface area contributed by atoms with Crippen LogP contribution in [0, 0.1) is 11.8 Å². The largest absolute Gasteiger partial charge is 0.337 e. The number of imidazole rings is 1. The third-order valence-corrected chi connectivity index (χ3v) is 4.15. The summed E-state index contributed by atoms with van der Waals surface area (Å²) >= 11 is 0. The Bertz CT molecular complexity index is 345. The Morgan fingerprint density at radius 1 is 1.39 bits per heavy atom. The van der Waals surface area contributed by atoms with Crippen LogP contribution in [0.1, 0.15) is 51.6 Å². The predicted molar refractivity (Wildman–Crippen MR) is 75.3 cm³/mol. The normalized spacial score (nSPS) is 24.3. The summed E-state index contributed by atoms with van der Waals surface area (Å²) in [4.78, 5) is 4.48. The number of rotatable bonds is 6. The van der Waals surface area contributed by atoms with Gasteiger partial charge >= 0.3 is 0 Å². The van der Waals surface area contributed by atoms with E-state index in [0.717, 1.165) is 31.5 Å². The third kappa shape index (κ3) is 3.84. The molecule has 1 N–H and O–H groups in total. The first-order valence-electron chi connectivity index (χ1n) is 7.51. The first-order valence-corrected chi connectivity index (χ1v) is 7.51. The Morgan fingerprint density at radius 2 is 2.22 bits per heavy atom. The average Bonchev–Trinajstić information content (AvgIpc) is 2.80. The molecular weight excluding hydrogens is 222 g/mol. The number of nitrogens with zero attached hydrogens (tertiary/aromatic N) is 2. The van der Waals surface area contributed by atoms with E-state index in [4.69, 9.17) is 0 Å². The van der Waals surface area contributed by atoms with Crippen molar-refractivity contribution in [2.75, 3.05) is 6.54 Å². The zero-order valence-electron chi connectivity index (χ0n) is 11.9. The highest BCUT2D eigenvalue weighted by atomic mass is 15.0. The summed E-state index contributed by atoms with van der Waals surface area (Å²) in [5.74, 6) is 1.73. The Morgan fingerprint density at radius 3 is 3.00 bits per heavy atom. The average molecular weight is 249 g/mol. The molecule has 0 amide bonds. The molecule has 0 saturated heterocycles. The van der Waals surface area contributed by atoms with Gasteiger partial charge in [-0.1, -0.05) is 33.1 Å². The quantitative estimate of drug-likeness (QED) is 0.785. The molecule has 2 unspecified atom stereocenters. The summed E-state index contributed by atoms with van der Waals surface area (Å²) in [6.45, 7) is 7.73. The first kappa shape index (κ1) is 13.6. The van der Waals surface area contributed by atoms with Crippen molar-refractivity contribution in [3.05, 3.63) is 18.2 Å². The van der Waals surface area contributed by atoms with Gasteiger partial charge in [0.25, 0.3) is 0 Å². The molecule has 0 aromatic carbocycles. The Labute approximate surface area is 111 Å². The minimum absolute atomic E-state index is 0.851. The zero-order valence-corrected chi connectivity index (χ0v) is 11.9. The van der Waals surface area contributed by atoms with Crippen molar-refractivity contribution >= 4 is 0 Å². The van der Waals surface area contributed by atoms with Crippen molar-refractivity contribution in [2.24, 2.45) is 11.8 Å². The van der Waals surface area contributed by atoms with Crippen molar-refractivity contribution in [1.29, 1.82) is 0 Å². The predicted octanol–water partition coefficient (Wildman–Crippen LogP) is 3.21. The standard InChI is InChI=1S/C15H27N3/c1-3-8-16-9-15-11-18(12-17-15)10-14-7-5-4-6-13(14)2/h11-14,16H,3-10H2,1-2H3. The van der Waals surface area contributed by atoms with E-state index in [0.29, 0.717) is 0 Å². The second-order valence-electron chi connectivity index (χ2n) is 5.76. The van der Waals surface area contributed by atoms with E-state index in [9.17, 15) is 0 Å². The van der Waals surface area contributed by atoms with E-state index in [-0.39, 0.29) is 0 Å². The highest BCUT2D eigenvalue weighted by Crippen LogP contribution is 2.30. The van der Waals surface area contributed by atoms with Gasteiger partial charge in [0, 0.05) is 19.3 Å². The van der Waals surface area contributed by atoms with E-state index in [1.165, 1.54) is 37.8 Å². The second-order valence-corrected chi connectivity index (χ2v) is 5.76. The highest BCUT2D eigenvalue weighted by Gasteiger charge is 2.21. The summed E-state index contributed by atoms with van der Waals surface area (Å²) in [5, 5.41) is 3.40. The minimum Gasteiger partial charge on any atom is -0.337 e. The molecule has 3 nitrogen and oxygen atoms in total. The van der Waals surface area contributed by atoms with Gasteiger partial charge in [0.2, 0.25) is 0 Å². The molecule has 1 aromatic heterocycles. The van der Waals surface area contributed by atoms with Crippen molar-refractivity contribution < 1.29 is 0 Å². The maximum atomic E-state index is 4.48. The topological polar surface area (TPSA) is 29.9 Å². The lowest BCUT2D eigenvalue weighted by Crippen LogP contribution is -2.21. The van der Waals surface area contributed by atoms with Crippen LogP contribution in [0.4, 0.5) is 0 Å². The molecular formula is C15H27N3. The Hall–Kier alpha value is -0.830. The van der Waals surface area contributed by atoms with Crippen molar-refractivity contribution in [2.45, 2.75) is 59.0 Å². The van der Waals surface area contributed by atoms with Crippen LogP contribution >= 0.6 is 0 Å². The summed E-state index contributed by atoms with van der Waals surface area (Å²) in [6.07, 6.45) is 11.0. The molecule has 1 heterocycles. The Kier molecular flexibility index (Phi) is 5.24. The lowest BCUT2D eigenvalue weighted by Gasteiger charge is -2.28. The molecule has 18 heavy (non-hydrogen) atoms. The molecule has 2 atom stereocenters. The molecule has 1 aromatic rings. The molecule has 1 fully saturated rings. The SMILES string of the molecule is CCCNCc1cn(CC2CCCCC2C)cn1. The fourth-order valence-corrected chi connectivity index (χ4v) is 2.93. The number of hydrogen-bond donors (Lipinski definition) is 1. The Balaban J connectivity index is 1.82. The van der Waals surface area contributed by atoms with Gasteiger partial charge < -0.3 is 9.88 Å². The molecule has 1 saturated carbocycles. The third-order valence-electron chi connectivity index (χ3n) is 4.15. The maximum Gasteiger partial charge on any atom is 0.0950 e. The summed E-state index contributed by atoms with van der Waals surface area (Å²) in [7, 11) is 0. The lowest BCUT2D eigenvalue weighted by molar-refractivity contribution is 0.228. The van der Waals surface area contributed by atoms with Crippen LogP contribution in [0.25, 0.3) is 0 Å². The van der Waals surface area contributed by atoms with Gasteiger partial charge in [0.05, 0.1) is 12.0 Å². The van der Waals surface area contributed by atoms with E-state index in [2.05, 4.69) is 34.9 Å². The summed E-state index contributed by atoms with van der Waals surface area (Å²) in [6, 6.07) is 0. The van der Waals surface area contributed by atoms with Crippen LogP contribution in [-0.2, 0) is 13.1 Å². The smallest absolute Gasteiger partial charge is 0.0950 e. The van der Waals surface area contributed by atoms with Gasteiger partial charge in [-0.3, -0.25) is 0 Å². The molecule has 0 aliphatic heterocycles. The van der Waals surface area contributed by atoms with Gasteiger partial charge in [-0.25, -0.2) is 4.98 Å². The number of hydrogen-bond acceptors (Lipinski definition) is 2. The van der Waals surface area contributed by atoms with Crippen LogP contribution in [0.3, 0.4) is 0 Å². The molecule has 102 valence electrons. The molecule has 1 aliphatic rings. The fraction of sp³-hybridized carbons (Fsp3) is 0.800. The maximum absolute atomic E-state index is 4.48. The lowest BCUT2D eigenvalue weighted by atomic mass is 9.80. The van der Waals surface area contributed by atoms with Crippen LogP contribution in [0.15, 0.2) is 12.5 Å². The molecule has 0 radical (unpaired) electrons. The van der Waals surface area contributed by atoms with Gasteiger partial charge in [0.15, 0.2) is 0 Å². The monoisotopic (exact) mass is 249 g/mol. The molecule has 1 aliphatic carbocycles. The van der Waals surface area contributed by atoms with Crippen molar-refractivity contribution in [1.82, 2.24) is 14.9 Å². The van der Waals surface area contributed by atoms with Crippen molar-refractivity contribution in [3.63, 3.8) is 0 Å². The molecule has 3 heteroatoms. The van der Waals surface area contributed by atoms with Gasteiger partial charge in [-0.05, 0) is 31.2 Å². The fourth-order valence-electron chi connectivity index (χ4n) is 2.93. The summed E-state index contributed by atoms with van der Waals surface area (Å²) < 4.78 is 2.29. The van der Waals surface area contributed by atoms with Crippen LogP contribution < -0.4 is 5.32 Å². The molecule has 2 rings (SSSR count). The molecule has 0 spiro atoms. The van der Waals surface area contributed by atoms with Gasteiger partial charge in [-0.2, -0.15) is 0 Å². The van der Waals surface area contributed by atoms with E-state index < -0.39 is 0 Å². The number of nitrogens with one attached hydrogen (secondary N) is 1. The van der Waals surface area contributed by atoms with E-state index >= 15 is 0 Å². The van der Waals surface area contributed by atoms with E-state index in [1.54, 1.807) is 0 Å². The molecule has 0 bridgehead atoms. The van der Waals surface area contributed by atoms with Crippen LogP contribution in [-0.4, -0.2) is 16.1 Å².